The Morgan fingerprint density at radius 2 is 1.86 bits per heavy atom. The Balaban J connectivity index is 1.70. The number of carboxylic acids is 1. The summed E-state index contributed by atoms with van der Waals surface area (Å²) < 4.78 is 16.9. The minimum absolute atomic E-state index is 0.236. The van der Waals surface area contributed by atoms with E-state index < -0.39 is 5.97 Å². The number of methoxy groups -OCH3 is 1. The summed E-state index contributed by atoms with van der Waals surface area (Å²) in [6, 6.07) is 13.2. The van der Waals surface area contributed by atoms with Gasteiger partial charge in [0.2, 0.25) is 0 Å². The molecule has 0 saturated carbocycles. The van der Waals surface area contributed by atoms with Crippen LogP contribution in [0, 0.1) is 13.8 Å². The highest BCUT2D eigenvalue weighted by Gasteiger charge is 2.16. The van der Waals surface area contributed by atoms with Crippen LogP contribution in [0.3, 0.4) is 0 Å². The summed E-state index contributed by atoms with van der Waals surface area (Å²) in [7, 11) is 1.57. The van der Waals surface area contributed by atoms with E-state index in [0.29, 0.717) is 35.4 Å². The molecule has 3 aromatic rings. The zero-order valence-electron chi connectivity index (χ0n) is 15.9. The molecule has 3 rings (SSSR count). The highest BCUT2D eigenvalue weighted by atomic mass is 32.1. The molecular formula is C21H21NO5S. The van der Waals surface area contributed by atoms with Crippen molar-refractivity contribution < 1.29 is 24.1 Å². The third-order valence-corrected chi connectivity index (χ3v) is 5.20. The first-order chi connectivity index (χ1) is 13.5. The van der Waals surface area contributed by atoms with Crippen LogP contribution >= 0.6 is 11.3 Å². The average molecular weight is 399 g/mol. The van der Waals surface area contributed by atoms with Gasteiger partial charge in [0.1, 0.15) is 28.8 Å². The summed E-state index contributed by atoms with van der Waals surface area (Å²) in [5.74, 6) is 0.965. The predicted molar refractivity (Wildman–Crippen MR) is 108 cm³/mol. The average Bonchev–Trinajstić information content (AvgIpc) is 3.07. The second-order valence-electron chi connectivity index (χ2n) is 6.12. The van der Waals surface area contributed by atoms with Gasteiger partial charge in [-0.15, -0.1) is 11.3 Å². The molecule has 0 aliphatic rings. The second kappa shape index (κ2) is 8.75. The fourth-order valence-corrected chi connectivity index (χ4v) is 3.56. The van der Waals surface area contributed by atoms with Gasteiger partial charge in [-0.05, 0) is 49.7 Å². The quantitative estimate of drug-likeness (QED) is 0.558. The number of carboxylic acid groups (broad SMARTS) is 1. The predicted octanol–water partition coefficient (Wildman–Crippen LogP) is 4.59. The Kier molecular flexibility index (Phi) is 6.16. The smallest absolute Gasteiger partial charge is 0.347 e. The summed E-state index contributed by atoms with van der Waals surface area (Å²) >= 11 is 1.14. The number of hydrogen-bond donors (Lipinski definition) is 1. The van der Waals surface area contributed by atoms with Crippen LogP contribution < -0.4 is 14.2 Å². The molecule has 1 aromatic heterocycles. The SMILES string of the molecule is COc1ccc(-c2nc(C)c(C(=O)O)s2)cc1OCCOc1cccc(C)c1. The molecule has 1 heterocycles. The summed E-state index contributed by atoms with van der Waals surface area (Å²) in [4.78, 5) is 15.9. The lowest BCUT2D eigenvalue weighted by Crippen LogP contribution is -2.09. The van der Waals surface area contributed by atoms with Crippen LogP contribution in [-0.4, -0.2) is 36.4 Å². The Morgan fingerprint density at radius 3 is 2.54 bits per heavy atom. The van der Waals surface area contributed by atoms with Gasteiger partial charge < -0.3 is 19.3 Å². The van der Waals surface area contributed by atoms with Gasteiger partial charge in [0.25, 0.3) is 0 Å². The fourth-order valence-electron chi connectivity index (χ4n) is 2.66. The van der Waals surface area contributed by atoms with E-state index in [2.05, 4.69) is 4.98 Å². The van der Waals surface area contributed by atoms with Gasteiger partial charge in [0.15, 0.2) is 11.5 Å². The minimum atomic E-state index is -0.973. The standard InChI is InChI=1S/C21H21NO5S/c1-13-5-4-6-16(11-13)26-9-10-27-18-12-15(7-8-17(18)25-3)20-22-14(2)19(28-20)21(23)24/h4-8,11-12H,9-10H2,1-3H3,(H,23,24). The number of aryl methyl sites for hydroxylation is 2. The maximum absolute atomic E-state index is 11.3. The molecular weight excluding hydrogens is 378 g/mol. The Morgan fingerprint density at radius 1 is 1.07 bits per heavy atom. The van der Waals surface area contributed by atoms with Crippen LogP contribution in [0.25, 0.3) is 10.6 Å². The first-order valence-corrected chi connectivity index (χ1v) is 9.51. The number of ether oxygens (including phenoxy) is 3. The van der Waals surface area contributed by atoms with E-state index in [1.165, 1.54) is 0 Å². The van der Waals surface area contributed by atoms with Crippen LogP contribution in [0.1, 0.15) is 20.9 Å². The zero-order chi connectivity index (χ0) is 20.1. The van der Waals surface area contributed by atoms with E-state index in [1.807, 2.05) is 37.3 Å². The first-order valence-electron chi connectivity index (χ1n) is 8.69. The van der Waals surface area contributed by atoms with Crippen LogP contribution in [0.15, 0.2) is 42.5 Å². The minimum Gasteiger partial charge on any atom is -0.493 e. The van der Waals surface area contributed by atoms with Gasteiger partial charge >= 0.3 is 5.97 Å². The maximum Gasteiger partial charge on any atom is 0.347 e. The van der Waals surface area contributed by atoms with Gasteiger partial charge in [0.05, 0.1) is 12.8 Å². The van der Waals surface area contributed by atoms with Crippen molar-refractivity contribution in [3.8, 4) is 27.8 Å². The van der Waals surface area contributed by atoms with E-state index in [1.54, 1.807) is 26.2 Å². The normalized spacial score (nSPS) is 10.5. The number of thiazole rings is 1. The van der Waals surface area contributed by atoms with Crippen LogP contribution in [0.2, 0.25) is 0 Å². The third-order valence-electron chi connectivity index (χ3n) is 4.00. The van der Waals surface area contributed by atoms with Crippen LogP contribution in [0.5, 0.6) is 17.2 Å². The molecule has 7 heteroatoms. The van der Waals surface area contributed by atoms with Gasteiger partial charge in [-0.2, -0.15) is 0 Å². The highest BCUT2D eigenvalue weighted by molar-refractivity contribution is 7.17. The number of rotatable bonds is 8. The number of hydrogen-bond acceptors (Lipinski definition) is 6. The Bertz CT molecular complexity index is 983. The van der Waals surface area contributed by atoms with Crippen molar-refractivity contribution in [1.82, 2.24) is 4.98 Å². The van der Waals surface area contributed by atoms with E-state index >= 15 is 0 Å². The molecule has 0 atom stereocenters. The molecule has 28 heavy (non-hydrogen) atoms. The summed E-state index contributed by atoms with van der Waals surface area (Å²) in [5, 5.41) is 9.85. The lowest BCUT2D eigenvalue weighted by Gasteiger charge is -2.12. The summed E-state index contributed by atoms with van der Waals surface area (Å²) in [6.07, 6.45) is 0. The van der Waals surface area contributed by atoms with E-state index in [9.17, 15) is 9.90 Å². The Labute approximate surface area is 167 Å². The largest absolute Gasteiger partial charge is 0.493 e. The molecule has 0 aliphatic carbocycles. The van der Waals surface area contributed by atoms with Crippen molar-refractivity contribution in [3.05, 3.63) is 58.6 Å². The number of aromatic nitrogens is 1. The van der Waals surface area contributed by atoms with Gasteiger partial charge in [-0.1, -0.05) is 12.1 Å². The Hall–Kier alpha value is -3.06. The first kappa shape index (κ1) is 19.7. The van der Waals surface area contributed by atoms with Gasteiger partial charge in [0, 0.05) is 5.56 Å². The second-order valence-corrected chi connectivity index (χ2v) is 7.12. The lowest BCUT2D eigenvalue weighted by molar-refractivity contribution is 0.0701. The number of aromatic carboxylic acids is 1. The third kappa shape index (κ3) is 4.61. The van der Waals surface area contributed by atoms with E-state index in [4.69, 9.17) is 14.2 Å². The molecule has 0 unspecified atom stereocenters. The maximum atomic E-state index is 11.3. The topological polar surface area (TPSA) is 77.9 Å². The number of benzene rings is 2. The van der Waals surface area contributed by atoms with Crippen molar-refractivity contribution >= 4 is 17.3 Å². The molecule has 6 nitrogen and oxygen atoms in total. The number of carbonyl (C=O) groups is 1. The molecule has 1 N–H and O–H groups in total. The highest BCUT2D eigenvalue weighted by Crippen LogP contribution is 2.35. The van der Waals surface area contributed by atoms with Crippen molar-refractivity contribution in [3.63, 3.8) is 0 Å². The van der Waals surface area contributed by atoms with E-state index in [-0.39, 0.29) is 4.88 Å². The van der Waals surface area contributed by atoms with Crippen molar-refractivity contribution in [1.29, 1.82) is 0 Å². The van der Waals surface area contributed by atoms with E-state index in [0.717, 1.165) is 28.2 Å². The molecule has 146 valence electrons. The van der Waals surface area contributed by atoms with Gasteiger partial charge in [-0.3, -0.25) is 0 Å². The summed E-state index contributed by atoms with van der Waals surface area (Å²) in [5.41, 5.74) is 2.40. The van der Waals surface area contributed by atoms with Crippen molar-refractivity contribution in [2.24, 2.45) is 0 Å². The summed E-state index contributed by atoms with van der Waals surface area (Å²) in [6.45, 7) is 4.42. The lowest BCUT2D eigenvalue weighted by atomic mass is 10.2. The zero-order valence-corrected chi connectivity index (χ0v) is 16.7. The van der Waals surface area contributed by atoms with Crippen LogP contribution in [-0.2, 0) is 0 Å². The number of nitrogens with zero attached hydrogens (tertiary/aromatic N) is 1. The molecule has 0 fully saturated rings. The molecule has 2 aromatic carbocycles. The van der Waals surface area contributed by atoms with Gasteiger partial charge in [-0.25, -0.2) is 9.78 Å². The molecule has 0 saturated heterocycles. The molecule has 0 bridgehead atoms. The monoisotopic (exact) mass is 399 g/mol. The molecule has 0 radical (unpaired) electrons. The molecule has 0 amide bonds. The molecule has 0 spiro atoms. The molecule has 0 aliphatic heterocycles. The van der Waals surface area contributed by atoms with Crippen molar-refractivity contribution in [2.45, 2.75) is 13.8 Å². The fraction of sp³-hybridized carbons (Fsp3) is 0.238. The van der Waals surface area contributed by atoms with Crippen LogP contribution in [0.4, 0.5) is 0 Å². The van der Waals surface area contributed by atoms with Crippen molar-refractivity contribution in [2.75, 3.05) is 20.3 Å².